The van der Waals surface area contributed by atoms with E-state index in [1.165, 1.54) is 116 Å². The van der Waals surface area contributed by atoms with Crippen LogP contribution in [0.25, 0.3) is 0 Å². The molecule has 0 unspecified atom stereocenters. The Bertz CT molecular complexity index is 2750. The standard InChI is InChI=1S/C54H86N16O18/c1-21(40(73)58-23(3)42(75)60-25(5)44(77)62-27(7)46(79)64-29(9)48(81)66-31(11)50(83)68-33(13)52(85)70-35(15)54(87)88)56-39(72)22(2)57-41(74)24(4)59-43(76)26(6)61-45(78)28(8)63-47(80)30(10)65-49(82)32(12)67-51(84)34(14)69-53(86)38(55)20-36-16-18-37(71)19-17-36/h16-19,21-35,38,71H,20,55H2,1-15H3,(H,56,72)(H,57,74)(H,58,73)(H,59,76)(H,60,75)(H,61,78)(H,62,77)(H,63,80)(H,64,79)(H,65,82)(H,66,81)(H,67,84)(H,68,83)(H,69,86)(H,70,85)(H,87,88)/t21-,22-,23-,24-,25-,26-,27-,28-,29-,30-,31-,32-,33-,34-,35-,38-/m0/s1. The SMILES string of the molecule is C[C@H](NC(=O)[C@H](C)NC(=O)[C@H](C)NC(=O)[C@H](C)NC(=O)[C@H](C)NC(=O)[C@H](C)NC(=O)[C@H](C)NC(=O)[C@H](C)NC(=O)[C@H](C)NC(=O)[C@H](C)NC(=O)[C@H](C)NC(=O)[C@H](C)NC(=O)[C@H](C)NC(=O)[C@H](C)NC(=O)[C@H](C)NC(=O)[C@@H](N)Cc1ccc(O)cc1)C(=O)O. The Morgan fingerprint density at radius 3 is 0.557 bits per heavy atom. The maximum absolute atomic E-state index is 13.0. The van der Waals surface area contributed by atoms with E-state index in [0.29, 0.717) is 5.56 Å². The third-order valence-electron chi connectivity index (χ3n) is 13.0. The molecule has 1 aromatic carbocycles. The average Bonchev–Trinajstić information content (AvgIpc) is 3.63. The third kappa shape index (κ3) is 26.4. The van der Waals surface area contributed by atoms with Crippen LogP contribution in [0.3, 0.4) is 0 Å². The number of hydrogen-bond acceptors (Lipinski definition) is 18. The molecule has 0 aliphatic rings. The number of phenols is 1. The van der Waals surface area contributed by atoms with Gasteiger partial charge in [-0.15, -0.1) is 0 Å². The lowest BCUT2D eigenvalue weighted by molar-refractivity contribution is -0.141. The molecule has 0 aliphatic heterocycles. The van der Waals surface area contributed by atoms with E-state index in [0.717, 1.165) is 0 Å². The highest BCUT2D eigenvalue weighted by Gasteiger charge is 2.32. The summed E-state index contributed by atoms with van der Waals surface area (Å²) in [6, 6.07) is -13.4. The first-order valence-corrected chi connectivity index (χ1v) is 28.0. The second-order valence-corrected chi connectivity index (χ2v) is 21.3. The van der Waals surface area contributed by atoms with Crippen molar-refractivity contribution in [1.29, 1.82) is 0 Å². The van der Waals surface area contributed by atoms with Gasteiger partial charge in [0.25, 0.3) is 0 Å². The molecule has 0 aromatic heterocycles. The molecule has 0 heterocycles. The van der Waals surface area contributed by atoms with Crippen molar-refractivity contribution < 1.29 is 86.9 Å². The zero-order chi connectivity index (χ0) is 67.8. The van der Waals surface area contributed by atoms with E-state index in [4.69, 9.17) is 10.8 Å². The van der Waals surface area contributed by atoms with E-state index < -0.39 is 191 Å². The number of carboxylic acids is 1. The van der Waals surface area contributed by atoms with Crippen molar-refractivity contribution >= 4 is 94.6 Å². The maximum atomic E-state index is 13.0. The summed E-state index contributed by atoms with van der Waals surface area (Å²) in [4.78, 5) is 203. The molecular weight excluding hydrogens is 1160 g/mol. The molecule has 88 heavy (non-hydrogen) atoms. The summed E-state index contributed by atoms with van der Waals surface area (Å²) in [5, 5.41) is 53.9. The minimum atomic E-state index is -1.29. The van der Waals surface area contributed by atoms with Gasteiger partial charge in [0.2, 0.25) is 88.6 Å². The molecule has 0 radical (unpaired) electrons. The molecule has 1 aromatic rings. The van der Waals surface area contributed by atoms with Crippen LogP contribution in [0.2, 0.25) is 0 Å². The molecule has 16 atom stereocenters. The van der Waals surface area contributed by atoms with Gasteiger partial charge in [0.1, 0.15) is 96.4 Å². The van der Waals surface area contributed by atoms with Crippen LogP contribution in [-0.4, -0.2) is 201 Å². The summed E-state index contributed by atoms with van der Waals surface area (Å²) in [7, 11) is 0. The summed E-state index contributed by atoms with van der Waals surface area (Å²) in [5.41, 5.74) is 6.64. The first-order chi connectivity index (χ1) is 40.7. The summed E-state index contributed by atoms with van der Waals surface area (Å²) in [6.45, 7) is 19.4. The molecule has 0 spiro atoms. The Balaban J connectivity index is 2.56. The van der Waals surface area contributed by atoms with E-state index in [-0.39, 0.29) is 12.2 Å². The fourth-order valence-corrected chi connectivity index (χ4v) is 7.02. The smallest absolute Gasteiger partial charge is 0.325 e. The number of rotatable bonds is 33. The zero-order valence-electron chi connectivity index (χ0n) is 51.8. The second-order valence-electron chi connectivity index (χ2n) is 21.3. The molecule has 0 aliphatic carbocycles. The molecule has 0 fully saturated rings. The first-order valence-electron chi connectivity index (χ1n) is 28.0. The fourth-order valence-electron chi connectivity index (χ4n) is 7.02. The van der Waals surface area contributed by atoms with Crippen molar-refractivity contribution in [1.82, 2.24) is 79.8 Å². The van der Waals surface area contributed by atoms with Crippen molar-refractivity contribution in [3.05, 3.63) is 29.8 Å². The fraction of sp³-hybridized carbons (Fsp3) is 0.593. The largest absolute Gasteiger partial charge is 0.508 e. The normalized spacial score (nSPS) is 16.3. The quantitative estimate of drug-likeness (QED) is 0.0311. The van der Waals surface area contributed by atoms with Crippen LogP contribution in [0.4, 0.5) is 0 Å². The predicted molar refractivity (Wildman–Crippen MR) is 311 cm³/mol. The lowest BCUT2D eigenvalue weighted by Crippen LogP contribution is -2.59. The highest BCUT2D eigenvalue weighted by Crippen LogP contribution is 2.11. The molecule has 15 amide bonds. The van der Waals surface area contributed by atoms with Crippen molar-refractivity contribution in [2.45, 2.75) is 207 Å². The number of carboxylic acid groups (broad SMARTS) is 1. The Labute approximate surface area is 508 Å². The van der Waals surface area contributed by atoms with E-state index in [1.54, 1.807) is 12.1 Å². The van der Waals surface area contributed by atoms with Crippen LogP contribution in [0.5, 0.6) is 5.75 Å². The number of nitrogens with two attached hydrogens (primary N) is 1. The van der Waals surface area contributed by atoms with Gasteiger partial charge in [-0.3, -0.25) is 76.7 Å². The van der Waals surface area contributed by atoms with Crippen molar-refractivity contribution in [3.8, 4) is 5.75 Å². The van der Waals surface area contributed by atoms with Crippen LogP contribution in [0, 0.1) is 0 Å². The zero-order valence-corrected chi connectivity index (χ0v) is 51.8. The number of hydrogen-bond donors (Lipinski definition) is 18. The lowest BCUT2D eigenvalue weighted by atomic mass is 10.1. The number of carbonyl (C=O) groups is 16. The van der Waals surface area contributed by atoms with Crippen LogP contribution in [0.1, 0.15) is 109 Å². The van der Waals surface area contributed by atoms with Gasteiger partial charge < -0.3 is 95.7 Å². The van der Waals surface area contributed by atoms with Crippen molar-refractivity contribution in [2.24, 2.45) is 5.73 Å². The van der Waals surface area contributed by atoms with E-state index >= 15 is 0 Å². The second kappa shape index (κ2) is 35.8. The van der Waals surface area contributed by atoms with Crippen LogP contribution in [-0.2, 0) is 83.1 Å². The molecule has 34 heteroatoms. The van der Waals surface area contributed by atoms with E-state index in [2.05, 4.69) is 79.8 Å². The summed E-state index contributed by atoms with van der Waals surface area (Å²) >= 11 is 0. The van der Waals surface area contributed by atoms with E-state index in [9.17, 15) is 81.8 Å². The minimum Gasteiger partial charge on any atom is -0.508 e. The van der Waals surface area contributed by atoms with Crippen molar-refractivity contribution in [2.75, 3.05) is 0 Å². The number of carbonyl (C=O) groups excluding carboxylic acids is 15. The van der Waals surface area contributed by atoms with Gasteiger partial charge in [-0.2, -0.15) is 0 Å². The summed E-state index contributed by atoms with van der Waals surface area (Å²) in [6.07, 6.45) is 0.119. The molecule has 34 nitrogen and oxygen atoms in total. The van der Waals surface area contributed by atoms with Gasteiger partial charge in [-0.25, -0.2) is 0 Å². The van der Waals surface area contributed by atoms with Gasteiger partial charge in [0.05, 0.1) is 6.04 Å². The number of nitrogens with one attached hydrogen (secondary N) is 15. The van der Waals surface area contributed by atoms with Crippen molar-refractivity contribution in [3.63, 3.8) is 0 Å². The van der Waals surface area contributed by atoms with Gasteiger partial charge in [-0.05, 0) is 128 Å². The number of aliphatic carboxylic acids is 1. The van der Waals surface area contributed by atoms with Gasteiger partial charge in [0.15, 0.2) is 0 Å². The van der Waals surface area contributed by atoms with Gasteiger partial charge in [-0.1, -0.05) is 12.1 Å². The number of amides is 15. The molecule has 1 rings (SSSR count). The Kier molecular flexibility index (Phi) is 31.2. The molecule has 0 saturated carbocycles. The molecule has 0 saturated heterocycles. The Morgan fingerprint density at radius 2 is 0.409 bits per heavy atom. The number of benzene rings is 1. The highest BCUT2D eigenvalue weighted by atomic mass is 16.4. The monoisotopic (exact) mass is 1250 g/mol. The van der Waals surface area contributed by atoms with Crippen LogP contribution >= 0.6 is 0 Å². The van der Waals surface area contributed by atoms with Crippen LogP contribution < -0.4 is 85.5 Å². The Morgan fingerprint density at radius 1 is 0.273 bits per heavy atom. The predicted octanol–water partition coefficient (Wildman–Crippen LogP) is -7.08. The van der Waals surface area contributed by atoms with Gasteiger partial charge >= 0.3 is 5.97 Å². The lowest BCUT2D eigenvalue weighted by Gasteiger charge is -2.24. The topological polar surface area (TPSA) is 520 Å². The maximum Gasteiger partial charge on any atom is 0.325 e. The van der Waals surface area contributed by atoms with Crippen LogP contribution in [0.15, 0.2) is 24.3 Å². The number of phenolic OH excluding ortho intramolecular Hbond substituents is 1. The molecule has 490 valence electrons. The minimum absolute atomic E-state index is 0.0380. The number of aromatic hydroxyl groups is 1. The summed E-state index contributed by atoms with van der Waals surface area (Å²) in [5.74, 6) is -13.3. The molecular formula is C54H86N16O18. The molecule has 0 bridgehead atoms. The molecule has 19 N–H and O–H groups in total. The average molecular weight is 1250 g/mol. The highest BCUT2D eigenvalue weighted by molar-refractivity contribution is 6.00. The third-order valence-corrected chi connectivity index (χ3v) is 13.0. The Hall–Kier alpha value is -9.50. The van der Waals surface area contributed by atoms with E-state index in [1.807, 2.05) is 0 Å². The first kappa shape index (κ1) is 76.5. The van der Waals surface area contributed by atoms with Gasteiger partial charge in [0, 0.05) is 0 Å². The summed E-state index contributed by atoms with van der Waals surface area (Å²) < 4.78 is 0.